The molecule has 1 aliphatic rings. The van der Waals surface area contributed by atoms with E-state index in [4.69, 9.17) is 16.7 Å². The molecule has 5 nitrogen and oxygen atoms in total. The van der Waals surface area contributed by atoms with E-state index in [2.05, 4.69) is 17.6 Å². The summed E-state index contributed by atoms with van der Waals surface area (Å²) < 4.78 is 0. The number of amides is 1. The maximum atomic E-state index is 11.8. The number of carboxylic acids is 1. The summed E-state index contributed by atoms with van der Waals surface area (Å²) in [5.41, 5.74) is -0.0208. The normalized spacial score (nSPS) is 19.3. The molecular formula is C11H11ClN2O3S. The van der Waals surface area contributed by atoms with Crippen LogP contribution in [0, 0.1) is 5.92 Å². The largest absolute Gasteiger partial charge is 0.478 e. The van der Waals surface area contributed by atoms with E-state index in [9.17, 15) is 9.59 Å². The number of rotatable bonds is 3. The van der Waals surface area contributed by atoms with E-state index in [1.807, 2.05) is 0 Å². The first kappa shape index (κ1) is 13.2. The van der Waals surface area contributed by atoms with Gasteiger partial charge in [-0.1, -0.05) is 11.6 Å². The molecule has 18 heavy (non-hydrogen) atoms. The average molecular weight is 287 g/mol. The van der Waals surface area contributed by atoms with E-state index >= 15 is 0 Å². The lowest BCUT2D eigenvalue weighted by Crippen LogP contribution is -2.27. The van der Waals surface area contributed by atoms with Crippen LogP contribution in [0.2, 0.25) is 5.15 Å². The number of carbonyl (C=O) groups excluding carboxylic acids is 1. The van der Waals surface area contributed by atoms with Crippen LogP contribution in [0.1, 0.15) is 16.8 Å². The number of anilines is 1. The van der Waals surface area contributed by atoms with Gasteiger partial charge in [-0.15, -0.1) is 0 Å². The van der Waals surface area contributed by atoms with Gasteiger partial charge in [-0.05, 0) is 23.8 Å². The third-order valence-corrected chi connectivity index (χ3v) is 3.52. The summed E-state index contributed by atoms with van der Waals surface area (Å²) in [7, 11) is 0. The van der Waals surface area contributed by atoms with Crippen LogP contribution in [0.3, 0.4) is 0 Å². The standard InChI is InChI=1S/C11H11ClN2O3S/c12-8-2-1-7(11(16)17)10(13-8)14-4-6(5-18)3-9(14)15/h1-2,6,18H,3-5H2,(H,16,17). The van der Waals surface area contributed by atoms with Crippen molar-refractivity contribution in [3.8, 4) is 0 Å². The molecule has 0 bridgehead atoms. The number of aromatic nitrogens is 1. The molecule has 2 rings (SSSR count). The molecule has 96 valence electrons. The van der Waals surface area contributed by atoms with Crippen LogP contribution >= 0.6 is 24.2 Å². The van der Waals surface area contributed by atoms with Gasteiger partial charge in [-0.3, -0.25) is 9.69 Å². The second-order valence-corrected chi connectivity index (χ2v) is 4.82. The summed E-state index contributed by atoms with van der Waals surface area (Å²) in [4.78, 5) is 28.3. The molecular weight excluding hydrogens is 276 g/mol. The SMILES string of the molecule is O=C(O)c1ccc(Cl)nc1N1CC(CS)CC1=O. The molecule has 0 saturated carbocycles. The molecule has 1 saturated heterocycles. The molecule has 1 N–H and O–H groups in total. The maximum absolute atomic E-state index is 11.8. The van der Waals surface area contributed by atoms with Gasteiger partial charge in [-0.2, -0.15) is 12.6 Å². The number of carboxylic acid groups (broad SMARTS) is 1. The molecule has 1 unspecified atom stereocenters. The molecule has 1 aliphatic heterocycles. The van der Waals surface area contributed by atoms with Gasteiger partial charge in [0.25, 0.3) is 0 Å². The minimum atomic E-state index is -1.13. The van der Waals surface area contributed by atoms with Crippen LogP contribution < -0.4 is 4.90 Å². The highest BCUT2D eigenvalue weighted by molar-refractivity contribution is 7.80. The van der Waals surface area contributed by atoms with Crippen LogP contribution in [0.15, 0.2) is 12.1 Å². The Labute approximate surface area is 114 Å². The Balaban J connectivity index is 2.41. The topological polar surface area (TPSA) is 70.5 Å². The summed E-state index contributed by atoms with van der Waals surface area (Å²) in [6.07, 6.45) is 0.358. The molecule has 2 heterocycles. The second kappa shape index (κ2) is 5.16. The zero-order valence-corrected chi connectivity index (χ0v) is 11.0. The third kappa shape index (κ3) is 2.44. The van der Waals surface area contributed by atoms with Gasteiger partial charge in [0.15, 0.2) is 5.82 Å². The first-order valence-corrected chi connectivity index (χ1v) is 6.35. The molecule has 0 spiro atoms. The number of pyridine rings is 1. The average Bonchev–Trinajstić information content (AvgIpc) is 2.70. The van der Waals surface area contributed by atoms with Gasteiger partial charge in [0.1, 0.15) is 10.7 Å². The summed E-state index contributed by atoms with van der Waals surface area (Å²) in [5, 5.41) is 9.25. The fourth-order valence-electron chi connectivity index (χ4n) is 1.91. The Bertz CT molecular complexity index is 509. The van der Waals surface area contributed by atoms with Crippen molar-refractivity contribution < 1.29 is 14.7 Å². The number of halogens is 1. The minimum Gasteiger partial charge on any atom is -0.478 e. The third-order valence-electron chi connectivity index (χ3n) is 2.79. The monoisotopic (exact) mass is 286 g/mol. The summed E-state index contributed by atoms with van der Waals surface area (Å²) in [5.74, 6) is -0.472. The number of aromatic carboxylic acids is 1. The highest BCUT2D eigenvalue weighted by Gasteiger charge is 2.33. The van der Waals surface area contributed by atoms with Gasteiger partial charge in [0.05, 0.1) is 0 Å². The van der Waals surface area contributed by atoms with Crippen molar-refractivity contribution in [2.45, 2.75) is 6.42 Å². The van der Waals surface area contributed by atoms with Crippen molar-refractivity contribution in [1.82, 2.24) is 4.98 Å². The number of nitrogens with zero attached hydrogens (tertiary/aromatic N) is 2. The lowest BCUT2D eigenvalue weighted by molar-refractivity contribution is -0.117. The number of hydrogen-bond donors (Lipinski definition) is 2. The summed E-state index contributed by atoms with van der Waals surface area (Å²) in [6.45, 7) is 0.427. The van der Waals surface area contributed by atoms with E-state index in [0.29, 0.717) is 18.7 Å². The van der Waals surface area contributed by atoms with Crippen LogP contribution in [0.25, 0.3) is 0 Å². The molecule has 1 atom stereocenters. The fraction of sp³-hybridized carbons (Fsp3) is 0.364. The summed E-state index contributed by atoms with van der Waals surface area (Å²) >= 11 is 9.92. The molecule has 1 aromatic heterocycles. The molecule has 1 amide bonds. The van der Waals surface area contributed by atoms with Crippen molar-refractivity contribution in [2.75, 3.05) is 17.2 Å². The second-order valence-electron chi connectivity index (χ2n) is 4.07. The first-order valence-electron chi connectivity index (χ1n) is 5.34. The van der Waals surface area contributed by atoms with Gasteiger partial charge in [0.2, 0.25) is 5.91 Å². The smallest absolute Gasteiger partial charge is 0.339 e. The van der Waals surface area contributed by atoms with Gasteiger partial charge >= 0.3 is 5.97 Å². The van der Waals surface area contributed by atoms with E-state index < -0.39 is 5.97 Å². The molecule has 1 aromatic rings. The lowest BCUT2D eigenvalue weighted by atomic mass is 10.1. The zero-order valence-electron chi connectivity index (χ0n) is 9.34. The van der Waals surface area contributed by atoms with Crippen molar-refractivity contribution in [3.63, 3.8) is 0 Å². The highest BCUT2D eigenvalue weighted by Crippen LogP contribution is 2.28. The Morgan fingerprint density at radius 1 is 1.61 bits per heavy atom. The van der Waals surface area contributed by atoms with Gasteiger partial charge in [0, 0.05) is 13.0 Å². The highest BCUT2D eigenvalue weighted by atomic mass is 35.5. The zero-order chi connectivity index (χ0) is 13.3. The lowest BCUT2D eigenvalue weighted by Gasteiger charge is -2.17. The van der Waals surface area contributed by atoms with E-state index in [1.54, 1.807) is 0 Å². The molecule has 0 aliphatic carbocycles. The van der Waals surface area contributed by atoms with Crippen LogP contribution in [-0.2, 0) is 4.79 Å². The van der Waals surface area contributed by atoms with Gasteiger partial charge in [-0.25, -0.2) is 9.78 Å². The van der Waals surface area contributed by atoms with Crippen molar-refractivity contribution >= 4 is 41.9 Å². The van der Waals surface area contributed by atoms with Crippen LogP contribution in [0.5, 0.6) is 0 Å². The predicted molar refractivity (Wildman–Crippen MR) is 70.5 cm³/mol. The van der Waals surface area contributed by atoms with Crippen LogP contribution in [-0.4, -0.2) is 34.3 Å². The summed E-state index contributed by atoms with van der Waals surface area (Å²) in [6, 6.07) is 2.75. The van der Waals surface area contributed by atoms with Gasteiger partial charge < -0.3 is 5.11 Å². The van der Waals surface area contributed by atoms with E-state index in [1.165, 1.54) is 17.0 Å². The molecule has 1 fully saturated rings. The van der Waals surface area contributed by atoms with Crippen LogP contribution in [0.4, 0.5) is 5.82 Å². The minimum absolute atomic E-state index is 0.0208. The maximum Gasteiger partial charge on any atom is 0.339 e. The predicted octanol–water partition coefficient (Wildman–Crippen LogP) is 1.72. The van der Waals surface area contributed by atoms with E-state index in [-0.39, 0.29) is 28.4 Å². The van der Waals surface area contributed by atoms with Crippen molar-refractivity contribution in [3.05, 3.63) is 22.8 Å². The molecule has 7 heteroatoms. The molecule has 0 radical (unpaired) electrons. The fourth-order valence-corrected chi connectivity index (χ4v) is 2.29. The van der Waals surface area contributed by atoms with Crippen molar-refractivity contribution in [2.24, 2.45) is 5.92 Å². The Morgan fingerprint density at radius 3 is 2.89 bits per heavy atom. The number of hydrogen-bond acceptors (Lipinski definition) is 4. The Morgan fingerprint density at radius 2 is 2.33 bits per heavy atom. The number of carbonyl (C=O) groups is 2. The number of thiol groups is 1. The quantitative estimate of drug-likeness (QED) is 0.656. The first-order chi connectivity index (χ1) is 8.52. The van der Waals surface area contributed by atoms with E-state index in [0.717, 1.165) is 0 Å². The Kier molecular flexibility index (Phi) is 3.77. The van der Waals surface area contributed by atoms with Crippen molar-refractivity contribution in [1.29, 1.82) is 0 Å². The Hall–Kier alpha value is -1.27. The molecule has 0 aromatic carbocycles.